The third-order valence-corrected chi connectivity index (χ3v) is 5.79. The number of halogens is 1. The van der Waals surface area contributed by atoms with Gasteiger partial charge in [-0.2, -0.15) is 0 Å². The summed E-state index contributed by atoms with van der Waals surface area (Å²) in [6, 6.07) is 12.5. The van der Waals surface area contributed by atoms with Crippen LogP contribution >= 0.6 is 11.6 Å². The van der Waals surface area contributed by atoms with E-state index in [2.05, 4.69) is 36.3 Å². The largest absolute Gasteiger partial charge is 0.454 e. The second-order valence-electron chi connectivity index (χ2n) is 7.33. The molecule has 0 aliphatic carbocycles. The molecule has 25 heavy (non-hydrogen) atoms. The molecule has 4 nitrogen and oxygen atoms in total. The first-order valence-electron chi connectivity index (χ1n) is 8.61. The van der Waals surface area contributed by atoms with Crippen molar-refractivity contribution in [1.29, 1.82) is 0 Å². The van der Waals surface area contributed by atoms with Gasteiger partial charge in [-0.25, -0.2) is 0 Å². The average Bonchev–Trinajstić information content (AvgIpc) is 3.19. The van der Waals surface area contributed by atoms with Crippen LogP contribution in [0.2, 0.25) is 5.02 Å². The fourth-order valence-corrected chi connectivity index (χ4v) is 4.33. The summed E-state index contributed by atoms with van der Waals surface area (Å²) in [5.74, 6) is 1.55. The second kappa shape index (κ2) is 5.41. The third-order valence-electron chi connectivity index (χ3n) is 5.44. The maximum atomic E-state index is 6.51. The average molecular weight is 356 g/mol. The highest BCUT2D eigenvalue weighted by Crippen LogP contribution is 2.39. The van der Waals surface area contributed by atoms with Crippen molar-refractivity contribution in [3.8, 4) is 11.5 Å². The molecule has 128 valence electrons. The number of benzene rings is 2. The van der Waals surface area contributed by atoms with Crippen molar-refractivity contribution in [2.45, 2.75) is 19.5 Å². The van der Waals surface area contributed by atoms with Gasteiger partial charge in [0, 0.05) is 40.2 Å². The minimum Gasteiger partial charge on any atom is -0.454 e. The number of aromatic nitrogens is 1. The predicted octanol–water partition coefficient (Wildman–Crippen LogP) is 4.25. The summed E-state index contributed by atoms with van der Waals surface area (Å²) in [5, 5.41) is 2.10. The summed E-state index contributed by atoms with van der Waals surface area (Å²) in [5.41, 5.74) is 5.19. The van der Waals surface area contributed by atoms with Gasteiger partial charge in [-0.15, -0.1) is 0 Å². The lowest BCUT2D eigenvalue weighted by Gasteiger charge is -2.38. The molecule has 0 radical (unpaired) electrons. The molecule has 0 spiro atoms. The number of rotatable bonds is 2. The highest BCUT2D eigenvalue weighted by molar-refractivity contribution is 6.31. The summed E-state index contributed by atoms with van der Waals surface area (Å²) < 4.78 is 11.9. The van der Waals surface area contributed by atoms with E-state index in [1.165, 1.54) is 22.2 Å². The number of aromatic amines is 1. The van der Waals surface area contributed by atoms with Gasteiger partial charge < -0.3 is 18.9 Å². The zero-order valence-corrected chi connectivity index (χ0v) is 14.9. The smallest absolute Gasteiger partial charge is 0.231 e. The molecule has 2 aliphatic rings. The number of quaternary nitrogens is 1. The van der Waals surface area contributed by atoms with Gasteiger partial charge in [-0.3, -0.25) is 0 Å². The van der Waals surface area contributed by atoms with Gasteiger partial charge in [0.25, 0.3) is 0 Å². The van der Waals surface area contributed by atoms with E-state index < -0.39 is 0 Å². The Labute approximate surface area is 151 Å². The normalized spacial score (nSPS) is 21.5. The van der Waals surface area contributed by atoms with E-state index in [1.54, 1.807) is 0 Å². The van der Waals surface area contributed by atoms with Crippen LogP contribution in [0.1, 0.15) is 16.8 Å². The van der Waals surface area contributed by atoms with Crippen LogP contribution in [0, 0.1) is 0 Å². The topological polar surface area (TPSA) is 34.2 Å². The van der Waals surface area contributed by atoms with Crippen molar-refractivity contribution in [2.24, 2.45) is 0 Å². The molecule has 0 saturated heterocycles. The Kier molecular flexibility index (Phi) is 3.27. The molecular formula is C20H20ClN2O2+. The van der Waals surface area contributed by atoms with E-state index in [4.69, 9.17) is 21.1 Å². The lowest BCUT2D eigenvalue weighted by molar-refractivity contribution is -0.937. The Morgan fingerprint density at radius 2 is 1.96 bits per heavy atom. The van der Waals surface area contributed by atoms with Crippen molar-refractivity contribution < 1.29 is 14.0 Å². The van der Waals surface area contributed by atoms with E-state index in [1.807, 2.05) is 12.1 Å². The number of ether oxygens (including phenoxy) is 2. The molecule has 0 unspecified atom stereocenters. The van der Waals surface area contributed by atoms with Gasteiger partial charge in [0.15, 0.2) is 11.5 Å². The number of para-hydroxylation sites is 1. The maximum absolute atomic E-state index is 6.51. The minimum absolute atomic E-state index is 0.278. The molecule has 5 heteroatoms. The van der Waals surface area contributed by atoms with Crippen molar-refractivity contribution >= 4 is 22.5 Å². The van der Waals surface area contributed by atoms with E-state index in [-0.39, 0.29) is 6.79 Å². The van der Waals surface area contributed by atoms with E-state index in [0.29, 0.717) is 0 Å². The van der Waals surface area contributed by atoms with Gasteiger partial charge in [0.1, 0.15) is 13.1 Å². The number of hydrogen-bond donors (Lipinski definition) is 1. The Morgan fingerprint density at radius 3 is 2.84 bits per heavy atom. The van der Waals surface area contributed by atoms with Gasteiger partial charge in [0.05, 0.1) is 18.6 Å². The fourth-order valence-electron chi connectivity index (χ4n) is 4.12. The molecule has 3 heterocycles. The van der Waals surface area contributed by atoms with Crippen LogP contribution in [0.15, 0.2) is 36.4 Å². The Hall–Kier alpha value is -2.17. The minimum atomic E-state index is 0.278. The zero-order valence-electron chi connectivity index (χ0n) is 14.1. The highest BCUT2D eigenvalue weighted by Gasteiger charge is 2.32. The Balaban J connectivity index is 1.49. The SMILES string of the molecule is C[N@@+]1(Cc2cc3c(cc2Cl)OCO3)CCc2[nH]c3ccccc3c2C1. The number of fused-ring (bicyclic) bond motifs is 4. The first-order chi connectivity index (χ1) is 12.1. The number of likely N-dealkylation sites (N-methyl/N-ethyl adjacent to an activating group) is 1. The summed E-state index contributed by atoms with van der Waals surface area (Å²) in [4.78, 5) is 3.59. The Bertz CT molecular complexity index is 981. The predicted molar refractivity (Wildman–Crippen MR) is 98.0 cm³/mol. The molecule has 2 aromatic carbocycles. The summed E-state index contributed by atoms with van der Waals surface area (Å²) in [6.07, 6.45) is 1.06. The standard InChI is InChI=1S/C20H20ClN2O2/c1-23(10-13-8-19-20(9-16(13)21)25-12-24-19)7-6-18-15(11-23)14-4-2-3-5-17(14)22-18/h2-5,8-9,22H,6-7,10-12H2,1H3/q+1/t23-/m0/s1. The summed E-state index contributed by atoms with van der Waals surface area (Å²) in [6.45, 7) is 3.25. The molecule has 1 atom stereocenters. The number of nitrogens with zero attached hydrogens (tertiary/aromatic N) is 1. The van der Waals surface area contributed by atoms with Crippen LogP contribution < -0.4 is 9.47 Å². The molecule has 3 aromatic rings. The van der Waals surface area contributed by atoms with Crippen molar-refractivity contribution in [3.63, 3.8) is 0 Å². The van der Waals surface area contributed by atoms with Crippen LogP contribution in [-0.2, 0) is 19.5 Å². The van der Waals surface area contributed by atoms with Crippen LogP contribution in [0.3, 0.4) is 0 Å². The summed E-state index contributed by atoms with van der Waals surface area (Å²) >= 11 is 6.51. The Morgan fingerprint density at radius 1 is 1.16 bits per heavy atom. The lowest BCUT2D eigenvalue weighted by Crippen LogP contribution is -2.46. The highest BCUT2D eigenvalue weighted by atomic mass is 35.5. The third kappa shape index (κ3) is 2.48. The number of H-pyrrole nitrogens is 1. The number of hydrogen-bond acceptors (Lipinski definition) is 2. The quantitative estimate of drug-likeness (QED) is 0.697. The van der Waals surface area contributed by atoms with Crippen LogP contribution in [-0.4, -0.2) is 29.9 Å². The van der Waals surface area contributed by atoms with Crippen LogP contribution in [0.4, 0.5) is 0 Å². The summed E-state index contributed by atoms with van der Waals surface area (Å²) in [7, 11) is 2.31. The lowest BCUT2D eigenvalue weighted by atomic mass is 10.0. The van der Waals surface area contributed by atoms with Crippen LogP contribution in [0.25, 0.3) is 10.9 Å². The number of nitrogens with one attached hydrogen (secondary N) is 1. The molecule has 0 amide bonds. The molecular weight excluding hydrogens is 336 g/mol. The van der Waals surface area contributed by atoms with Crippen molar-refractivity contribution in [2.75, 3.05) is 20.4 Å². The fraction of sp³-hybridized carbons (Fsp3) is 0.300. The molecule has 0 fully saturated rings. The molecule has 0 bridgehead atoms. The molecule has 1 aromatic heterocycles. The van der Waals surface area contributed by atoms with E-state index in [9.17, 15) is 0 Å². The van der Waals surface area contributed by atoms with Gasteiger partial charge in [-0.1, -0.05) is 29.8 Å². The van der Waals surface area contributed by atoms with Crippen LogP contribution in [0.5, 0.6) is 11.5 Å². The second-order valence-corrected chi connectivity index (χ2v) is 7.74. The molecule has 5 rings (SSSR count). The van der Waals surface area contributed by atoms with E-state index >= 15 is 0 Å². The first-order valence-corrected chi connectivity index (χ1v) is 8.99. The molecule has 1 N–H and O–H groups in total. The van der Waals surface area contributed by atoms with Crippen molar-refractivity contribution in [1.82, 2.24) is 4.98 Å². The van der Waals surface area contributed by atoms with Gasteiger partial charge in [-0.05, 0) is 12.1 Å². The van der Waals surface area contributed by atoms with Gasteiger partial charge >= 0.3 is 0 Å². The van der Waals surface area contributed by atoms with Crippen molar-refractivity contribution in [3.05, 3.63) is 58.2 Å². The molecule has 0 saturated carbocycles. The maximum Gasteiger partial charge on any atom is 0.231 e. The monoisotopic (exact) mass is 355 g/mol. The van der Waals surface area contributed by atoms with Gasteiger partial charge in [0.2, 0.25) is 6.79 Å². The van der Waals surface area contributed by atoms with E-state index in [0.717, 1.165) is 52.6 Å². The molecule has 2 aliphatic heterocycles. The first kappa shape index (κ1) is 15.1. The zero-order chi connectivity index (χ0) is 17.0.